The molecule has 0 unspecified atom stereocenters. The van der Waals surface area contributed by atoms with Gasteiger partial charge in [0.25, 0.3) is 0 Å². The van der Waals surface area contributed by atoms with Crippen LogP contribution in [0.15, 0.2) is 72.8 Å². The van der Waals surface area contributed by atoms with Crippen LogP contribution in [0.1, 0.15) is 267 Å². The van der Waals surface area contributed by atoms with Gasteiger partial charge in [-0.1, -0.05) is 170 Å². The lowest BCUT2D eigenvalue weighted by Crippen LogP contribution is -2.50. The molecule has 4 aromatic carbocycles. The molecular weight excluding hydrogens is 1970 g/mol. The molecule has 0 bridgehead atoms. The van der Waals surface area contributed by atoms with Crippen molar-refractivity contribution in [2.75, 3.05) is 14.2 Å². The van der Waals surface area contributed by atoms with Crippen LogP contribution in [-0.4, -0.2) is 157 Å². The minimum atomic E-state index is -1.02. The van der Waals surface area contributed by atoms with Gasteiger partial charge in [0.2, 0.25) is 29.5 Å². The number of rotatable bonds is 37. The summed E-state index contributed by atoms with van der Waals surface area (Å²) < 4.78 is 9.67. The lowest BCUT2D eigenvalue weighted by Gasteiger charge is -2.26. The number of primary amides is 1. The highest BCUT2D eigenvalue weighted by Crippen LogP contribution is 2.43. The Morgan fingerprint density at radius 2 is 0.655 bits per heavy atom. The normalized spacial score (nSPS) is 19.7. The third-order valence-electron chi connectivity index (χ3n) is 27.2. The standard InChI is InChI=1S/C26H30Cl2N2O5.C25H29Cl2N3O4.C25H27Cl2N3O3.C16H26N2O4.C9H5Cl2NO2.ClH/c1-35-26(34)21(10-15-4-2-3-5-22(15)31)30-25(33)17(8-14-6-7-14)12-23(32)20-11-16-9-18(27)13-19(28)24(16)29-20;26-17-8-15-10-19(29-23(15)18(27)12-17)22(32)11-16(7-13-5-6-13)25(34)30-20(24(28)33)9-14-3-1-2-4-21(14)31;26-18-8-16-10-21(30-24(16)20(27)12-18)23(32)11-17(7-14-5-6-14)25(33)29-19(13-28)9-15-3-1-2-4-22(15)31;1-22-16(21)13(9-11-4-2-3-5-14(11)19)18-15(20)12(17)8-10-6-7-10;10-5-1-4-2-7(9(13)14)12-8(4)6(11)3-5;/h9,11,13-15,17,21,29H,2-8,10,12H2,1H3,(H,30,33);8,10,12-14,16,20,29H,1-7,9,11H2,(H2,28,33)(H,30,34);8,10,12,14-15,17,19,30H,1-7,9,11H2,(H,29,33);10-13H,2-9,17H2,1H3,(H,18,20);1-3,12H,(H,13,14);1H/t15-,17+,21-;14-,16+,20-;15-,17+,19-;11-,12-,13-;;/m0000../s1. The van der Waals surface area contributed by atoms with Crippen molar-refractivity contribution in [3.8, 4) is 6.07 Å². The highest BCUT2D eigenvalue weighted by atomic mass is 35.5. The monoisotopic (exact) mass is 2090 g/mol. The lowest BCUT2D eigenvalue weighted by molar-refractivity contribution is -0.147. The lowest BCUT2D eigenvalue weighted by atomic mass is 9.83. The number of fused-ring (bicyclic) bond motifs is 4. The van der Waals surface area contributed by atoms with E-state index in [9.17, 15) is 77.2 Å². The highest BCUT2D eigenvalue weighted by Gasteiger charge is 2.41. The van der Waals surface area contributed by atoms with Crippen LogP contribution >= 0.6 is 105 Å². The summed E-state index contributed by atoms with van der Waals surface area (Å²) in [5.74, 6) is -4.94. The molecule has 29 nitrogen and oxygen atoms in total. The number of aromatic nitrogens is 4. The van der Waals surface area contributed by atoms with E-state index in [0.29, 0.717) is 185 Å². The van der Waals surface area contributed by atoms with Gasteiger partial charge in [-0.25, -0.2) is 14.4 Å². The number of carbonyl (C=O) groups is 15. The third-order valence-corrected chi connectivity index (χ3v) is 29.3. The highest BCUT2D eigenvalue weighted by molar-refractivity contribution is 6.41. The largest absolute Gasteiger partial charge is 0.477 e. The number of hydrogen-bond acceptors (Lipinski definition) is 19. The fraction of sp³-hybridized carbons (Fsp3) is 0.525. The first-order valence-electron chi connectivity index (χ1n) is 47.5. The number of aromatic amines is 4. The van der Waals surface area contributed by atoms with Crippen LogP contribution in [0.3, 0.4) is 0 Å². The van der Waals surface area contributed by atoms with Gasteiger partial charge in [0, 0.05) is 128 Å². The average molecular weight is 2090 g/mol. The Morgan fingerprint density at radius 3 is 0.942 bits per heavy atom. The van der Waals surface area contributed by atoms with Crippen LogP contribution in [0.25, 0.3) is 43.6 Å². The van der Waals surface area contributed by atoms with E-state index in [1.165, 1.54) is 20.3 Å². The van der Waals surface area contributed by atoms with Crippen molar-refractivity contribution in [2.45, 2.75) is 255 Å². The van der Waals surface area contributed by atoms with Gasteiger partial charge >= 0.3 is 17.9 Å². The van der Waals surface area contributed by atoms with Crippen molar-refractivity contribution in [2.24, 2.45) is 76.6 Å². The molecule has 748 valence electrons. The van der Waals surface area contributed by atoms with Gasteiger partial charge in [-0.05, 0) is 199 Å². The number of Topliss-reactive ketones (excluding diaryl/α,β-unsaturated/α-hetero) is 7. The third kappa shape index (κ3) is 32.3. The van der Waals surface area contributed by atoms with Crippen molar-refractivity contribution in [3.05, 3.63) is 136 Å². The minimum Gasteiger partial charge on any atom is -0.477 e. The number of amides is 5. The predicted octanol–water partition coefficient (Wildman–Crippen LogP) is 20.0. The molecule has 0 saturated heterocycles. The molecule has 0 aliphatic heterocycles. The molecule has 8 aliphatic carbocycles. The summed E-state index contributed by atoms with van der Waals surface area (Å²) in [6, 6.07) is 18.0. The van der Waals surface area contributed by atoms with Crippen molar-refractivity contribution in [1.29, 1.82) is 5.26 Å². The molecule has 16 rings (SSSR count). The van der Waals surface area contributed by atoms with Crippen molar-refractivity contribution in [1.82, 2.24) is 41.2 Å². The van der Waals surface area contributed by atoms with Gasteiger partial charge < -0.3 is 67.3 Å². The Bertz CT molecular complexity index is 5930. The van der Waals surface area contributed by atoms with Crippen LogP contribution in [0.4, 0.5) is 0 Å². The molecule has 8 fully saturated rings. The Kier molecular flexibility index (Phi) is 40.7. The zero-order valence-electron chi connectivity index (χ0n) is 77.3. The van der Waals surface area contributed by atoms with Crippen molar-refractivity contribution >= 4 is 237 Å². The summed E-state index contributed by atoms with van der Waals surface area (Å²) in [5.41, 5.74) is 15.1. The Morgan fingerprint density at radius 1 is 0.381 bits per heavy atom. The number of nitrogens with two attached hydrogens (primary N) is 2. The molecule has 13 N–H and O–H groups in total. The molecule has 12 atom stereocenters. The number of nitriles is 1. The molecule has 8 aliphatic rings. The van der Waals surface area contributed by atoms with E-state index in [1.807, 2.05) is 0 Å². The first-order valence-corrected chi connectivity index (χ1v) is 50.6. The summed E-state index contributed by atoms with van der Waals surface area (Å²) in [5, 5.41) is 35.8. The second-order valence-corrected chi connectivity index (χ2v) is 41.5. The molecule has 38 heteroatoms. The Balaban J connectivity index is 0.000000171. The van der Waals surface area contributed by atoms with Crippen LogP contribution < -0.4 is 32.7 Å². The van der Waals surface area contributed by atoms with Gasteiger partial charge in [0.05, 0.1) is 85.6 Å². The van der Waals surface area contributed by atoms with Gasteiger partial charge in [-0.3, -0.25) is 57.5 Å². The first kappa shape index (κ1) is 110. The summed E-state index contributed by atoms with van der Waals surface area (Å²) in [7, 11) is 2.55. The molecular formula is C101H118Cl9N11O18. The molecule has 0 spiro atoms. The van der Waals surface area contributed by atoms with Crippen LogP contribution in [-0.2, 0) is 62.2 Å². The fourth-order valence-corrected chi connectivity index (χ4v) is 21.0. The molecule has 8 saturated carbocycles. The maximum Gasteiger partial charge on any atom is 0.352 e. The number of esters is 2. The van der Waals surface area contributed by atoms with Gasteiger partial charge in [-0.15, -0.1) is 12.4 Å². The number of carboxylic acid groups (broad SMARTS) is 1. The number of carbonyl (C=O) groups excluding carboxylic acids is 14. The smallest absolute Gasteiger partial charge is 0.352 e. The molecule has 4 aromatic heterocycles. The summed E-state index contributed by atoms with van der Waals surface area (Å²) in [6.07, 6.45) is 24.4. The first-order chi connectivity index (χ1) is 65.9. The average Bonchev–Trinajstić information content (AvgIpc) is 1.68. The van der Waals surface area contributed by atoms with Gasteiger partial charge in [0.1, 0.15) is 53.0 Å². The number of hydrogen-bond donors (Lipinski definition) is 11. The zero-order valence-corrected chi connectivity index (χ0v) is 84.2. The molecule has 8 aromatic rings. The zero-order chi connectivity index (χ0) is 99.5. The van der Waals surface area contributed by atoms with Crippen molar-refractivity contribution in [3.63, 3.8) is 0 Å². The number of halogens is 9. The second-order valence-electron chi connectivity index (χ2n) is 38.1. The van der Waals surface area contributed by atoms with E-state index in [0.717, 1.165) is 132 Å². The van der Waals surface area contributed by atoms with E-state index in [1.54, 1.807) is 66.7 Å². The number of aromatic carboxylic acids is 1. The SMILES string of the molecule is COC(=O)[C@H](C[C@@H]1CCCCC1=O)NC(=O)[C@@H](CC(=O)c1cc2cc(Cl)cc(Cl)c2[nH]1)CC1CC1.COC(=O)[C@H](C[C@@H]1CCCCC1=O)NC(=O)[C@@H](N)CC1CC1.Cl.N#C[C@H](C[C@@H]1CCCCC1=O)NC(=O)[C@@H](CC(=O)c1cc2cc(Cl)cc(Cl)c2[nH]1)CC1CC1.NC(=O)[C@H](C[C@@H]1CCCCC1=O)NC(=O)[C@@H](CC(=O)c1cc2cc(Cl)cc(Cl)c2[nH]1)CC1CC1.O=C(O)c1cc2cc(Cl)cc(Cl)c2[nH]1. The number of nitrogens with one attached hydrogen (secondary N) is 8. The Labute approximate surface area is 851 Å². The summed E-state index contributed by atoms with van der Waals surface area (Å²) in [4.78, 5) is 198. The van der Waals surface area contributed by atoms with Gasteiger partial charge in [-0.2, -0.15) is 5.26 Å². The number of methoxy groups -OCH3 is 2. The second kappa shape index (κ2) is 51.5. The number of H-pyrrole nitrogens is 4. The Hall–Kier alpha value is -9.45. The fourth-order valence-electron chi connectivity index (χ4n) is 18.8. The predicted molar refractivity (Wildman–Crippen MR) is 535 cm³/mol. The summed E-state index contributed by atoms with van der Waals surface area (Å²) >= 11 is 48.5. The van der Waals surface area contributed by atoms with Gasteiger partial charge in [0.15, 0.2) is 17.3 Å². The van der Waals surface area contributed by atoms with Crippen LogP contribution in [0.5, 0.6) is 0 Å². The van der Waals surface area contributed by atoms with Crippen LogP contribution in [0, 0.1) is 76.4 Å². The minimum absolute atomic E-state index is 0. The van der Waals surface area contributed by atoms with Crippen LogP contribution in [0.2, 0.25) is 40.2 Å². The maximum atomic E-state index is 13.3. The summed E-state index contributed by atoms with van der Waals surface area (Å²) in [6.45, 7) is 0. The molecule has 139 heavy (non-hydrogen) atoms. The number of ether oxygens (including phenoxy) is 2. The van der Waals surface area contributed by atoms with E-state index >= 15 is 0 Å². The van der Waals surface area contributed by atoms with E-state index in [2.05, 4.69) is 47.3 Å². The number of ketones is 7. The number of carboxylic acids is 1. The molecule has 0 radical (unpaired) electrons. The van der Waals surface area contributed by atoms with E-state index in [-0.39, 0.29) is 138 Å². The number of benzene rings is 4. The van der Waals surface area contributed by atoms with E-state index < -0.39 is 71.8 Å². The molecule has 4 heterocycles. The number of nitrogens with zero attached hydrogens (tertiary/aromatic N) is 1. The topological polar surface area (TPSA) is 482 Å². The quantitative estimate of drug-likeness (QED) is 0.0127. The van der Waals surface area contributed by atoms with E-state index in [4.69, 9.17) is 119 Å². The maximum absolute atomic E-state index is 13.3. The van der Waals surface area contributed by atoms with Crippen molar-refractivity contribution < 1.29 is 86.5 Å². The molecule has 5 amide bonds.